The maximum atomic E-state index is 13.0. The lowest BCUT2D eigenvalue weighted by molar-refractivity contribution is 0.309. The van der Waals surface area contributed by atoms with Gasteiger partial charge in [0.25, 0.3) is 0 Å². The number of hydrogen-bond donors (Lipinski definition) is 0. The minimum absolute atomic E-state index is 0.200. The highest BCUT2D eigenvalue weighted by atomic mass is 32.2. The summed E-state index contributed by atoms with van der Waals surface area (Å²) in [5.41, 5.74) is 4.35. The van der Waals surface area contributed by atoms with Crippen LogP contribution in [-0.4, -0.2) is 61.4 Å². The van der Waals surface area contributed by atoms with Crippen LogP contribution in [0.5, 0.6) is 0 Å². The summed E-state index contributed by atoms with van der Waals surface area (Å²) < 4.78 is 29.5. The minimum Gasteiger partial charge on any atom is -0.420 e. The number of benzene rings is 3. The Bertz CT molecular complexity index is 1700. The van der Waals surface area contributed by atoms with E-state index in [9.17, 15) is 4.39 Å². The summed E-state index contributed by atoms with van der Waals surface area (Å²) in [7, 11) is 0. The van der Waals surface area contributed by atoms with Crippen LogP contribution in [0.2, 0.25) is 0 Å². The number of nitrogens with zero attached hydrogens (tertiary/aromatic N) is 6. The van der Waals surface area contributed by atoms with Crippen molar-refractivity contribution in [2.45, 2.75) is 56.3 Å². The molecule has 46 heavy (non-hydrogen) atoms. The van der Waals surface area contributed by atoms with Gasteiger partial charge in [-0.3, -0.25) is 4.31 Å². The van der Waals surface area contributed by atoms with Crippen LogP contribution in [-0.2, 0) is 0 Å². The maximum absolute atomic E-state index is 13.0. The topological polar surface area (TPSA) is 84.3 Å². The molecule has 2 saturated heterocycles. The predicted octanol–water partition coefficient (Wildman–Crippen LogP) is 8.57. The van der Waals surface area contributed by atoms with Gasteiger partial charge in [0, 0.05) is 54.0 Å². The van der Waals surface area contributed by atoms with E-state index < -0.39 is 0 Å². The summed E-state index contributed by atoms with van der Waals surface area (Å²) >= 11 is 3.49. The molecule has 3 aromatic carbocycles. The van der Waals surface area contributed by atoms with Gasteiger partial charge in [-0.1, -0.05) is 47.3 Å². The molecule has 0 aliphatic carbocycles. The highest BCUT2D eigenvalue weighted by molar-refractivity contribution is 7.97. The van der Waals surface area contributed by atoms with Gasteiger partial charge >= 0.3 is 0 Å². The molecule has 5 aromatic rings. The molecule has 2 fully saturated rings. The molecule has 0 bridgehead atoms. The van der Waals surface area contributed by atoms with Crippen molar-refractivity contribution in [3.05, 3.63) is 102 Å². The second-order valence-electron chi connectivity index (χ2n) is 11.8. The first-order valence-electron chi connectivity index (χ1n) is 15.7. The van der Waals surface area contributed by atoms with Crippen molar-refractivity contribution in [1.82, 2.24) is 29.0 Å². The van der Waals surface area contributed by atoms with Crippen LogP contribution >= 0.6 is 23.9 Å². The second kappa shape index (κ2) is 15.4. The molecule has 0 amide bonds. The van der Waals surface area contributed by atoms with Crippen molar-refractivity contribution in [1.29, 1.82) is 0 Å². The Labute approximate surface area is 278 Å². The molecular formula is C35H39FN6O2S2. The van der Waals surface area contributed by atoms with Crippen LogP contribution in [0.3, 0.4) is 0 Å². The molecule has 7 rings (SSSR count). The number of aryl methyl sites for hydroxylation is 2. The van der Waals surface area contributed by atoms with E-state index in [-0.39, 0.29) is 5.82 Å². The van der Waals surface area contributed by atoms with E-state index in [4.69, 9.17) is 8.83 Å². The van der Waals surface area contributed by atoms with E-state index in [1.807, 2.05) is 48.3 Å². The second-order valence-corrected chi connectivity index (χ2v) is 13.8. The van der Waals surface area contributed by atoms with Crippen LogP contribution in [0, 0.1) is 19.7 Å². The van der Waals surface area contributed by atoms with Gasteiger partial charge in [-0.2, -0.15) is 0 Å². The summed E-state index contributed by atoms with van der Waals surface area (Å²) in [4.78, 5) is 1.06. The first-order chi connectivity index (χ1) is 22.4. The van der Waals surface area contributed by atoms with Crippen LogP contribution in [0.25, 0.3) is 22.9 Å². The Morgan fingerprint density at radius 3 is 1.59 bits per heavy atom. The first-order valence-corrected chi connectivity index (χ1v) is 17.7. The summed E-state index contributed by atoms with van der Waals surface area (Å²) in [6.07, 6.45) is 6.27. The van der Waals surface area contributed by atoms with Gasteiger partial charge in [0.05, 0.1) is 0 Å². The zero-order chi connectivity index (χ0) is 31.9. The molecule has 2 aliphatic rings. The standard InChI is InChI=1S/C20H20FN3OS.C15H19N3OS/c1-14-3-2-4-16(13-14)20-23-22-19(25-20)15-9-11-24(12-10-15)26-18-7-5-17(21)6-8-18;1-11-4-3-5-13(10-11)15-17-16-14(19-15)12-6-8-18(20-2)9-7-12/h2-8,13,15H,9-12H2,1H3;3-5,10,12H,6-9H2,1-2H3. The molecule has 0 atom stereocenters. The number of aromatic nitrogens is 4. The smallest absolute Gasteiger partial charge is 0.247 e. The van der Waals surface area contributed by atoms with Gasteiger partial charge in [0.15, 0.2) is 0 Å². The third-order valence-electron chi connectivity index (χ3n) is 8.32. The molecule has 2 aliphatic heterocycles. The summed E-state index contributed by atoms with van der Waals surface area (Å²) in [5, 5.41) is 17.0. The quantitative estimate of drug-likeness (QED) is 0.159. The van der Waals surface area contributed by atoms with Crippen molar-refractivity contribution in [3.63, 3.8) is 0 Å². The summed E-state index contributed by atoms with van der Waals surface area (Å²) in [6.45, 7) is 8.18. The lowest BCUT2D eigenvalue weighted by Gasteiger charge is -2.29. The number of hydrogen-bond acceptors (Lipinski definition) is 10. The average molecular weight is 659 g/mol. The molecule has 0 radical (unpaired) electrons. The molecule has 0 saturated carbocycles. The minimum atomic E-state index is -0.200. The van der Waals surface area contributed by atoms with E-state index >= 15 is 0 Å². The first kappa shape index (κ1) is 32.4. The monoisotopic (exact) mass is 658 g/mol. The van der Waals surface area contributed by atoms with E-state index in [0.29, 0.717) is 23.6 Å². The Balaban J connectivity index is 0.000000167. The van der Waals surface area contributed by atoms with Crippen LogP contribution < -0.4 is 0 Å². The fourth-order valence-corrected chi connectivity index (χ4v) is 7.24. The molecule has 11 heteroatoms. The third-order valence-corrected chi connectivity index (χ3v) is 10.3. The summed E-state index contributed by atoms with van der Waals surface area (Å²) in [6, 6.07) is 22.9. The fraction of sp³-hybridized carbons (Fsp3) is 0.371. The van der Waals surface area contributed by atoms with Crippen molar-refractivity contribution < 1.29 is 13.2 Å². The zero-order valence-corrected chi connectivity index (χ0v) is 28.1. The number of rotatable bonds is 7. The van der Waals surface area contributed by atoms with Crippen molar-refractivity contribution >= 4 is 23.9 Å². The lowest BCUT2D eigenvalue weighted by Crippen LogP contribution is -2.27. The van der Waals surface area contributed by atoms with E-state index in [0.717, 1.165) is 79.7 Å². The normalized spacial score (nSPS) is 16.7. The number of halogens is 1. The van der Waals surface area contributed by atoms with Gasteiger partial charge in [-0.15, -0.1) is 20.4 Å². The predicted molar refractivity (Wildman–Crippen MR) is 182 cm³/mol. The molecule has 240 valence electrons. The van der Waals surface area contributed by atoms with Crippen molar-refractivity contribution in [2.75, 3.05) is 32.4 Å². The Hall–Kier alpha value is -3.51. The van der Waals surface area contributed by atoms with Crippen molar-refractivity contribution in [3.8, 4) is 22.9 Å². The van der Waals surface area contributed by atoms with Crippen LogP contribution in [0.15, 0.2) is 86.5 Å². The molecule has 2 aromatic heterocycles. The highest BCUT2D eigenvalue weighted by Gasteiger charge is 2.26. The van der Waals surface area contributed by atoms with Gasteiger partial charge < -0.3 is 8.83 Å². The maximum Gasteiger partial charge on any atom is 0.247 e. The van der Waals surface area contributed by atoms with E-state index in [1.54, 1.807) is 11.9 Å². The van der Waals surface area contributed by atoms with Gasteiger partial charge in [-0.25, -0.2) is 8.70 Å². The molecule has 0 N–H and O–H groups in total. The van der Waals surface area contributed by atoms with E-state index in [2.05, 4.69) is 73.4 Å². The Morgan fingerprint density at radius 1 is 0.652 bits per heavy atom. The molecule has 4 heterocycles. The Morgan fingerprint density at radius 2 is 1.13 bits per heavy atom. The lowest BCUT2D eigenvalue weighted by atomic mass is 9.98. The molecule has 8 nitrogen and oxygen atoms in total. The third kappa shape index (κ3) is 8.44. The van der Waals surface area contributed by atoms with E-state index in [1.165, 1.54) is 23.3 Å². The molecular weight excluding hydrogens is 620 g/mol. The van der Waals surface area contributed by atoms with Gasteiger partial charge in [-0.05, 0) is 106 Å². The summed E-state index contributed by atoms with van der Waals surface area (Å²) in [5.74, 6) is 3.25. The zero-order valence-electron chi connectivity index (χ0n) is 26.4. The highest BCUT2D eigenvalue weighted by Crippen LogP contribution is 2.34. The van der Waals surface area contributed by atoms with Gasteiger partial charge in [0.2, 0.25) is 23.6 Å². The average Bonchev–Trinajstić information content (AvgIpc) is 3.78. The fourth-order valence-electron chi connectivity index (χ4n) is 5.71. The van der Waals surface area contributed by atoms with Crippen LogP contribution in [0.4, 0.5) is 4.39 Å². The van der Waals surface area contributed by atoms with Crippen molar-refractivity contribution in [2.24, 2.45) is 0 Å². The van der Waals surface area contributed by atoms with Crippen LogP contribution in [0.1, 0.15) is 60.4 Å². The Kier molecular flexibility index (Phi) is 10.8. The molecule has 0 unspecified atom stereocenters. The van der Waals surface area contributed by atoms with Gasteiger partial charge in [0.1, 0.15) is 5.82 Å². The SMILES string of the molecule is CSN1CCC(c2nnc(-c3cccc(C)c3)o2)CC1.Cc1cccc(-c2nnc(C3CCN(Sc4ccc(F)cc4)CC3)o2)c1. The molecule has 0 spiro atoms. The largest absolute Gasteiger partial charge is 0.420 e. The number of piperidine rings is 2.